The Hall–Kier alpha value is -3.46. The maximum atomic E-state index is 12.5. The van der Waals surface area contributed by atoms with Crippen molar-refractivity contribution in [2.75, 3.05) is 11.1 Å². The van der Waals surface area contributed by atoms with Crippen molar-refractivity contribution in [1.82, 2.24) is 25.0 Å². The number of hydrogen-bond acceptors (Lipinski definition) is 7. The van der Waals surface area contributed by atoms with Crippen LogP contribution < -0.4 is 5.32 Å². The molecule has 1 N–H and O–H groups in total. The Morgan fingerprint density at radius 3 is 2.55 bits per heavy atom. The van der Waals surface area contributed by atoms with Crippen molar-refractivity contribution in [3.63, 3.8) is 0 Å². The molecular formula is C24H26N6O2S. The minimum Gasteiger partial charge on any atom is -0.408 e. The summed E-state index contributed by atoms with van der Waals surface area (Å²) in [5, 5.41) is 20.0. The topological polar surface area (TPSA) is 98.7 Å². The number of nitrogens with one attached hydrogen (secondary N) is 1. The van der Waals surface area contributed by atoms with E-state index in [9.17, 15) is 4.79 Å². The number of hydrogen-bond donors (Lipinski definition) is 1. The highest BCUT2D eigenvalue weighted by Crippen LogP contribution is 2.26. The molecule has 0 aliphatic heterocycles. The third kappa shape index (κ3) is 5.48. The molecule has 2 aromatic heterocycles. The Labute approximate surface area is 196 Å². The molecule has 33 heavy (non-hydrogen) atoms. The molecule has 1 amide bonds. The normalized spacial score (nSPS) is 11.2. The second kappa shape index (κ2) is 9.99. The van der Waals surface area contributed by atoms with Crippen molar-refractivity contribution >= 4 is 23.7 Å². The van der Waals surface area contributed by atoms with E-state index in [0.717, 1.165) is 22.6 Å². The monoisotopic (exact) mass is 462 g/mol. The van der Waals surface area contributed by atoms with Crippen molar-refractivity contribution in [3.05, 3.63) is 76.9 Å². The number of benzene rings is 2. The lowest BCUT2D eigenvalue weighted by molar-refractivity contribution is -0.113. The first kappa shape index (κ1) is 22.7. The Kier molecular flexibility index (Phi) is 6.88. The summed E-state index contributed by atoms with van der Waals surface area (Å²) in [4.78, 5) is 12.5. The van der Waals surface area contributed by atoms with E-state index in [2.05, 4.69) is 69.9 Å². The standard InChI is InChI=1S/C24H26N6O2S/c1-15(2)22-27-28-23(32-22)25-21(31)14-33-24-29-26-20(13-18-8-6-5-7-9-18)30(24)19-11-10-16(3)12-17(19)4/h5-12,15H,13-14H2,1-4H3,(H,25,28,31). The molecule has 4 aromatic rings. The van der Waals surface area contributed by atoms with Gasteiger partial charge in [-0.05, 0) is 31.0 Å². The van der Waals surface area contributed by atoms with Crippen LogP contribution in [0.15, 0.2) is 58.1 Å². The van der Waals surface area contributed by atoms with Crippen molar-refractivity contribution in [3.8, 4) is 5.69 Å². The number of carbonyl (C=O) groups excluding carboxylic acids is 1. The highest BCUT2D eigenvalue weighted by atomic mass is 32.2. The molecule has 2 heterocycles. The first-order valence-electron chi connectivity index (χ1n) is 10.7. The van der Waals surface area contributed by atoms with Gasteiger partial charge < -0.3 is 4.42 Å². The third-order valence-electron chi connectivity index (χ3n) is 5.01. The molecule has 0 saturated heterocycles. The molecule has 0 spiro atoms. The van der Waals surface area contributed by atoms with E-state index < -0.39 is 0 Å². The fourth-order valence-electron chi connectivity index (χ4n) is 3.39. The van der Waals surface area contributed by atoms with Gasteiger partial charge >= 0.3 is 6.01 Å². The van der Waals surface area contributed by atoms with Crippen LogP contribution in [0.3, 0.4) is 0 Å². The lowest BCUT2D eigenvalue weighted by Gasteiger charge is -2.13. The quantitative estimate of drug-likeness (QED) is 0.379. The highest BCUT2D eigenvalue weighted by molar-refractivity contribution is 7.99. The smallest absolute Gasteiger partial charge is 0.322 e. The van der Waals surface area contributed by atoms with Gasteiger partial charge in [0.25, 0.3) is 0 Å². The number of rotatable bonds is 8. The van der Waals surface area contributed by atoms with Crippen LogP contribution in [-0.4, -0.2) is 36.6 Å². The average Bonchev–Trinajstić information content (AvgIpc) is 3.41. The number of nitrogens with zero attached hydrogens (tertiary/aromatic N) is 5. The number of aryl methyl sites for hydroxylation is 2. The van der Waals surface area contributed by atoms with Crippen LogP contribution in [0, 0.1) is 13.8 Å². The second-order valence-corrected chi connectivity index (χ2v) is 9.07. The molecular weight excluding hydrogens is 436 g/mol. The van der Waals surface area contributed by atoms with Crippen LogP contribution in [-0.2, 0) is 11.2 Å². The van der Waals surface area contributed by atoms with Gasteiger partial charge in [0, 0.05) is 12.3 Å². The predicted octanol–water partition coefficient (Wildman–Crippen LogP) is 4.71. The number of aromatic nitrogens is 5. The van der Waals surface area contributed by atoms with E-state index in [1.807, 2.05) is 36.6 Å². The van der Waals surface area contributed by atoms with Crippen LogP contribution in [0.1, 0.15) is 48.2 Å². The van der Waals surface area contributed by atoms with E-state index in [0.29, 0.717) is 17.5 Å². The average molecular weight is 463 g/mol. The summed E-state index contributed by atoms with van der Waals surface area (Å²) < 4.78 is 7.49. The lowest BCUT2D eigenvalue weighted by Crippen LogP contribution is -2.15. The molecule has 0 aliphatic carbocycles. The molecule has 0 radical (unpaired) electrons. The summed E-state index contributed by atoms with van der Waals surface area (Å²) in [6.07, 6.45) is 0.633. The molecule has 0 saturated carbocycles. The first-order chi connectivity index (χ1) is 15.9. The third-order valence-corrected chi connectivity index (χ3v) is 5.94. The summed E-state index contributed by atoms with van der Waals surface area (Å²) in [5.41, 5.74) is 4.44. The molecule has 8 nitrogen and oxygen atoms in total. The Bertz CT molecular complexity index is 1250. The van der Waals surface area contributed by atoms with Gasteiger partial charge in [-0.2, -0.15) is 0 Å². The van der Waals surface area contributed by atoms with E-state index in [1.165, 1.54) is 17.3 Å². The maximum Gasteiger partial charge on any atom is 0.322 e. The van der Waals surface area contributed by atoms with Crippen molar-refractivity contribution in [1.29, 1.82) is 0 Å². The molecule has 0 bridgehead atoms. The number of anilines is 1. The summed E-state index contributed by atoms with van der Waals surface area (Å²) in [6.45, 7) is 8.03. The SMILES string of the molecule is Cc1ccc(-n2c(Cc3ccccc3)nnc2SCC(=O)Nc2nnc(C(C)C)o2)c(C)c1. The molecule has 4 rings (SSSR count). The number of amides is 1. The van der Waals surface area contributed by atoms with Crippen LogP contribution >= 0.6 is 11.8 Å². The zero-order valence-corrected chi connectivity index (χ0v) is 19.9. The summed E-state index contributed by atoms with van der Waals surface area (Å²) in [5.74, 6) is 1.27. The molecule has 9 heteroatoms. The molecule has 0 unspecified atom stereocenters. The van der Waals surface area contributed by atoms with Crippen LogP contribution in [0.4, 0.5) is 6.01 Å². The minimum atomic E-state index is -0.251. The number of thioether (sulfide) groups is 1. The van der Waals surface area contributed by atoms with Gasteiger partial charge in [-0.3, -0.25) is 14.7 Å². The van der Waals surface area contributed by atoms with Crippen LogP contribution in [0.5, 0.6) is 0 Å². The van der Waals surface area contributed by atoms with Crippen LogP contribution in [0.25, 0.3) is 5.69 Å². The first-order valence-corrected chi connectivity index (χ1v) is 11.7. The molecule has 170 valence electrons. The molecule has 2 aromatic carbocycles. The van der Waals surface area contributed by atoms with Gasteiger partial charge in [0.1, 0.15) is 5.82 Å². The van der Waals surface area contributed by atoms with Gasteiger partial charge in [0.05, 0.1) is 11.4 Å². The maximum absolute atomic E-state index is 12.5. The fraction of sp³-hybridized carbons (Fsp3) is 0.292. The van der Waals surface area contributed by atoms with Crippen molar-refractivity contribution in [2.24, 2.45) is 0 Å². The van der Waals surface area contributed by atoms with Gasteiger partial charge in [-0.25, -0.2) is 0 Å². The lowest BCUT2D eigenvalue weighted by atomic mass is 10.1. The van der Waals surface area contributed by atoms with E-state index in [1.54, 1.807) is 0 Å². The number of carbonyl (C=O) groups is 1. The summed E-state index contributed by atoms with van der Waals surface area (Å²) >= 11 is 1.31. The zero-order valence-electron chi connectivity index (χ0n) is 19.1. The Balaban J connectivity index is 1.56. The van der Waals surface area contributed by atoms with E-state index >= 15 is 0 Å². The Morgan fingerprint density at radius 2 is 1.85 bits per heavy atom. The van der Waals surface area contributed by atoms with Gasteiger partial charge in [-0.15, -0.1) is 15.3 Å². The van der Waals surface area contributed by atoms with Gasteiger partial charge in [-0.1, -0.05) is 78.7 Å². The van der Waals surface area contributed by atoms with Gasteiger partial charge in [0.2, 0.25) is 11.8 Å². The predicted molar refractivity (Wildman–Crippen MR) is 128 cm³/mol. The van der Waals surface area contributed by atoms with Crippen LogP contribution in [0.2, 0.25) is 0 Å². The highest BCUT2D eigenvalue weighted by Gasteiger charge is 2.19. The minimum absolute atomic E-state index is 0.0943. The molecule has 0 atom stereocenters. The largest absolute Gasteiger partial charge is 0.408 e. The Morgan fingerprint density at radius 1 is 1.06 bits per heavy atom. The fourth-order valence-corrected chi connectivity index (χ4v) is 4.15. The van der Waals surface area contributed by atoms with E-state index in [-0.39, 0.29) is 23.6 Å². The second-order valence-electron chi connectivity index (χ2n) is 8.12. The zero-order chi connectivity index (χ0) is 23.4. The van der Waals surface area contributed by atoms with E-state index in [4.69, 9.17) is 4.42 Å². The van der Waals surface area contributed by atoms with Gasteiger partial charge in [0.15, 0.2) is 5.16 Å². The summed E-state index contributed by atoms with van der Waals surface area (Å²) in [6, 6.07) is 16.5. The van der Waals surface area contributed by atoms with Crippen molar-refractivity contribution < 1.29 is 9.21 Å². The molecule has 0 fully saturated rings. The molecule has 0 aliphatic rings. The van der Waals surface area contributed by atoms with Crippen molar-refractivity contribution in [2.45, 2.75) is 45.2 Å². The summed E-state index contributed by atoms with van der Waals surface area (Å²) in [7, 11) is 0.